The maximum absolute atomic E-state index is 12.6. The summed E-state index contributed by atoms with van der Waals surface area (Å²) in [5, 5.41) is 6.23. The van der Waals surface area contributed by atoms with E-state index in [4.69, 9.17) is 16.3 Å². The molecular formula is C18H17ClN2O3S. The van der Waals surface area contributed by atoms with Crippen LogP contribution in [0.2, 0.25) is 5.02 Å². The summed E-state index contributed by atoms with van der Waals surface area (Å²) in [4.78, 5) is 25.1. The number of hydrogen-bond donors (Lipinski definition) is 2. The number of hydrogen-bond acceptors (Lipinski definition) is 4. The van der Waals surface area contributed by atoms with Crippen LogP contribution in [0.4, 0.5) is 11.4 Å². The third-order valence-corrected chi connectivity index (χ3v) is 4.93. The molecule has 2 amide bonds. The molecule has 0 spiro atoms. The molecule has 1 heterocycles. The van der Waals surface area contributed by atoms with E-state index >= 15 is 0 Å². The van der Waals surface area contributed by atoms with E-state index in [-0.39, 0.29) is 11.8 Å². The molecule has 0 saturated carbocycles. The van der Waals surface area contributed by atoms with Crippen LogP contribution in [0.25, 0.3) is 0 Å². The molecule has 2 aromatic carbocycles. The van der Waals surface area contributed by atoms with Crippen LogP contribution in [0.5, 0.6) is 5.75 Å². The van der Waals surface area contributed by atoms with Crippen LogP contribution in [0.15, 0.2) is 47.4 Å². The van der Waals surface area contributed by atoms with Crippen molar-refractivity contribution in [2.24, 2.45) is 0 Å². The Kier molecular flexibility index (Phi) is 4.92. The molecule has 130 valence electrons. The van der Waals surface area contributed by atoms with Gasteiger partial charge in [0.2, 0.25) is 5.91 Å². The lowest BCUT2D eigenvalue weighted by Gasteiger charge is -2.26. The molecule has 0 atom stereocenters. The monoisotopic (exact) mass is 376 g/mol. The maximum Gasteiger partial charge on any atom is 0.267 e. The Morgan fingerprint density at radius 1 is 1.24 bits per heavy atom. The van der Waals surface area contributed by atoms with Gasteiger partial charge in [0, 0.05) is 15.6 Å². The van der Waals surface area contributed by atoms with Gasteiger partial charge in [0.25, 0.3) is 5.91 Å². The van der Waals surface area contributed by atoms with Crippen LogP contribution in [0.3, 0.4) is 0 Å². The summed E-state index contributed by atoms with van der Waals surface area (Å²) in [6.07, 6.45) is 0. The van der Waals surface area contributed by atoms with Crippen LogP contribution in [0, 0.1) is 0 Å². The summed E-state index contributed by atoms with van der Waals surface area (Å²) in [5.74, 6) is 0.615. The number of nitrogens with one attached hydrogen (secondary N) is 2. The fourth-order valence-corrected chi connectivity index (χ4v) is 3.20. The van der Waals surface area contributed by atoms with Crippen molar-refractivity contribution in [1.82, 2.24) is 0 Å². The second-order valence-corrected chi connectivity index (χ2v) is 7.52. The minimum Gasteiger partial charge on any atom is -0.478 e. The molecule has 25 heavy (non-hydrogen) atoms. The Morgan fingerprint density at radius 2 is 1.96 bits per heavy atom. The largest absolute Gasteiger partial charge is 0.478 e. The van der Waals surface area contributed by atoms with Crippen molar-refractivity contribution in [3.8, 4) is 5.75 Å². The lowest BCUT2D eigenvalue weighted by Crippen LogP contribution is -2.42. The highest BCUT2D eigenvalue weighted by atomic mass is 35.5. The molecule has 1 aliphatic rings. The van der Waals surface area contributed by atoms with Crippen molar-refractivity contribution in [1.29, 1.82) is 0 Å². The first-order valence-corrected chi connectivity index (χ1v) is 9.02. The van der Waals surface area contributed by atoms with Gasteiger partial charge in [-0.1, -0.05) is 11.6 Å². The lowest BCUT2D eigenvalue weighted by atomic mass is 10.1. The highest BCUT2D eigenvalue weighted by molar-refractivity contribution is 8.00. The fraction of sp³-hybridized carbons (Fsp3) is 0.222. The maximum atomic E-state index is 12.6. The molecule has 5 nitrogen and oxygen atoms in total. The molecule has 3 rings (SSSR count). The molecule has 7 heteroatoms. The standard InChI is InChI=1S/C18H17ClN2O3S/c1-18(2,24-13-6-3-11(19)4-7-13)17(23)20-12-5-8-15-14(9-12)21-16(22)10-25-15/h3-9H,10H2,1-2H3,(H,20,23)(H,21,22). The van der Waals surface area contributed by atoms with Crippen LogP contribution >= 0.6 is 23.4 Å². The zero-order valence-electron chi connectivity index (χ0n) is 13.8. The van der Waals surface area contributed by atoms with E-state index in [1.807, 2.05) is 6.07 Å². The van der Waals surface area contributed by atoms with Crippen molar-refractivity contribution in [2.45, 2.75) is 24.3 Å². The highest BCUT2D eigenvalue weighted by Gasteiger charge is 2.30. The number of carbonyl (C=O) groups excluding carboxylic acids is 2. The first kappa shape index (κ1) is 17.6. The first-order valence-electron chi connectivity index (χ1n) is 7.66. The van der Waals surface area contributed by atoms with Crippen LogP contribution in [-0.4, -0.2) is 23.2 Å². The quantitative estimate of drug-likeness (QED) is 0.839. The normalized spacial score (nSPS) is 13.6. The van der Waals surface area contributed by atoms with Gasteiger partial charge in [0.1, 0.15) is 5.75 Å². The van der Waals surface area contributed by atoms with Gasteiger partial charge < -0.3 is 15.4 Å². The summed E-state index contributed by atoms with van der Waals surface area (Å²) < 4.78 is 5.78. The fourth-order valence-electron chi connectivity index (χ4n) is 2.29. The Bertz CT molecular complexity index is 822. The van der Waals surface area contributed by atoms with E-state index in [2.05, 4.69) is 10.6 Å². The summed E-state index contributed by atoms with van der Waals surface area (Å²) in [7, 11) is 0. The highest BCUT2D eigenvalue weighted by Crippen LogP contribution is 2.33. The molecule has 0 fully saturated rings. The molecule has 1 aliphatic heterocycles. The number of ether oxygens (including phenoxy) is 1. The second-order valence-electron chi connectivity index (χ2n) is 6.07. The number of thioether (sulfide) groups is 1. The number of halogens is 1. The predicted octanol–water partition coefficient (Wildman–Crippen LogP) is 4.18. The van der Waals surface area contributed by atoms with Gasteiger partial charge in [-0.2, -0.15) is 0 Å². The van der Waals surface area contributed by atoms with Gasteiger partial charge in [0.05, 0.1) is 11.4 Å². The summed E-state index contributed by atoms with van der Waals surface area (Å²) in [5.41, 5.74) is 0.219. The summed E-state index contributed by atoms with van der Waals surface area (Å²) in [6.45, 7) is 3.37. The van der Waals surface area contributed by atoms with Gasteiger partial charge in [-0.3, -0.25) is 9.59 Å². The zero-order valence-corrected chi connectivity index (χ0v) is 15.3. The van der Waals surface area contributed by atoms with Gasteiger partial charge in [-0.05, 0) is 56.3 Å². The lowest BCUT2D eigenvalue weighted by molar-refractivity contribution is -0.128. The van der Waals surface area contributed by atoms with Crippen LogP contribution in [0.1, 0.15) is 13.8 Å². The topological polar surface area (TPSA) is 67.4 Å². The third kappa shape index (κ3) is 4.27. The van der Waals surface area contributed by atoms with E-state index in [0.717, 1.165) is 4.90 Å². The van der Waals surface area contributed by atoms with Crippen molar-refractivity contribution in [2.75, 3.05) is 16.4 Å². The van der Waals surface area contributed by atoms with Gasteiger partial charge >= 0.3 is 0 Å². The third-order valence-electron chi connectivity index (χ3n) is 3.60. The Morgan fingerprint density at radius 3 is 2.68 bits per heavy atom. The van der Waals surface area contributed by atoms with E-state index in [1.165, 1.54) is 11.8 Å². The van der Waals surface area contributed by atoms with Crippen molar-refractivity contribution in [3.63, 3.8) is 0 Å². The van der Waals surface area contributed by atoms with Gasteiger partial charge in [0.15, 0.2) is 5.60 Å². The smallest absolute Gasteiger partial charge is 0.267 e. The second kappa shape index (κ2) is 6.98. The predicted molar refractivity (Wildman–Crippen MR) is 101 cm³/mol. The summed E-state index contributed by atoms with van der Waals surface area (Å²) in [6, 6.07) is 12.3. The molecular weight excluding hydrogens is 360 g/mol. The molecule has 0 unspecified atom stereocenters. The number of carbonyl (C=O) groups is 2. The van der Waals surface area contributed by atoms with E-state index in [0.29, 0.717) is 27.9 Å². The SMILES string of the molecule is CC(C)(Oc1ccc(Cl)cc1)C(=O)Nc1ccc2c(c1)NC(=O)CS2. The molecule has 0 bridgehead atoms. The van der Waals surface area contributed by atoms with E-state index in [1.54, 1.807) is 50.2 Å². The Labute approximate surface area is 155 Å². The molecule has 0 aromatic heterocycles. The first-order chi connectivity index (χ1) is 11.8. The summed E-state index contributed by atoms with van der Waals surface area (Å²) >= 11 is 7.33. The average Bonchev–Trinajstić information content (AvgIpc) is 2.56. The molecule has 2 aromatic rings. The number of benzene rings is 2. The van der Waals surface area contributed by atoms with E-state index in [9.17, 15) is 9.59 Å². The van der Waals surface area contributed by atoms with Crippen molar-refractivity contribution < 1.29 is 14.3 Å². The van der Waals surface area contributed by atoms with Gasteiger partial charge in [-0.25, -0.2) is 0 Å². The Balaban J connectivity index is 1.71. The van der Waals surface area contributed by atoms with E-state index < -0.39 is 5.60 Å². The number of fused-ring (bicyclic) bond motifs is 1. The molecule has 2 N–H and O–H groups in total. The number of rotatable bonds is 4. The Hall–Kier alpha value is -2.18. The number of anilines is 2. The molecule has 0 radical (unpaired) electrons. The zero-order chi connectivity index (χ0) is 18.0. The van der Waals surface area contributed by atoms with Crippen LogP contribution < -0.4 is 15.4 Å². The molecule has 0 saturated heterocycles. The minimum atomic E-state index is -1.08. The van der Waals surface area contributed by atoms with Crippen molar-refractivity contribution >= 4 is 46.6 Å². The minimum absolute atomic E-state index is 0.0487. The van der Waals surface area contributed by atoms with Gasteiger partial charge in [-0.15, -0.1) is 11.8 Å². The molecule has 0 aliphatic carbocycles. The van der Waals surface area contributed by atoms with Crippen molar-refractivity contribution in [3.05, 3.63) is 47.5 Å². The number of amides is 2. The van der Waals surface area contributed by atoms with Crippen LogP contribution in [-0.2, 0) is 9.59 Å². The average molecular weight is 377 g/mol.